The molecule has 0 unspecified atom stereocenters. The largest absolute Gasteiger partial charge is 0.323 e. The molecule has 2 aromatic rings. The Labute approximate surface area is 116 Å². The summed E-state index contributed by atoms with van der Waals surface area (Å²) in [6, 6.07) is 0.862. The maximum absolute atomic E-state index is 4.38. The van der Waals surface area contributed by atoms with E-state index in [1.807, 2.05) is 24.8 Å². The SMILES string of the molecule is CC(C)n1ccnc1SSc1nccn1C(C)C. The van der Waals surface area contributed by atoms with Crippen LogP contribution in [0.2, 0.25) is 0 Å². The van der Waals surface area contributed by atoms with E-state index in [9.17, 15) is 0 Å². The van der Waals surface area contributed by atoms with E-state index in [-0.39, 0.29) is 0 Å². The minimum Gasteiger partial charge on any atom is -0.323 e. The first kappa shape index (κ1) is 13.5. The van der Waals surface area contributed by atoms with Crippen molar-refractivity contribution in [2.24, 2.45) is 0 Å². The van der Waals surface area contributed by atoms with Crippen LogP contribution < -0.4 is 0 Å². The molecule has 0 spiro atoms. The van der Waals surface area contributed by atoms with Crippen molar-refractivity contribution in [3.8, 4) is 0 Å². The Balaban J connectivity index is 2.07. The fraction of sp³-hybridized carbons (Fsp3) is 0.500. The molecule has 2 heterocycles. The van der Waals surface area contributed by atoms with Gasteiger partial charge in [-0.1, -0.05) is 0 Å². The van der Waals surface area contributed by atoms with E-state index >= 15 is 0 Å². The van der Waals surface area contributed by atoms with E-state index in [0.717, 1.165) is 10.3 Å². The van der Waals surface area contributed by atoms with Crippen molar-refractivity contribution in [2.45, 2.75) is 50.1 Å². The van der Waals surface area contributed by atoms with Gasteiger partial charge in [-0.15, -0.1) is 0 Å². The molecule has 0 bridgehead atoms. The van der Waals surface area contributed by atoms with Crippen LogP contribution in [0.3, 0.4) is 0 Å². The fourth-order valence-corrected chi connectivity index (χ4v) is 3.88. The average Bonchev–Trinajstić information content (AvgIpc) is 2.94. The highest BCUT2D eigenvalue weighted by atomic mass is 33.1. The zero-order valence-corrected chi connectivity index (χ0v) is 12.7. The van der Waals surface area contributed by atoms with E-state index < -0.39 is 0 Å². The van der Waals surface area contributed by atoms with Gasteiger partial charge in [0.2, 0.25) is 0 Å². The van der Waals surface area contributed by atoms with Crippen molar-refractivity contribution >= 4 is 21.6 Å². The molecule has 0 aromatic carbocycles. The molecular formula is C12H18N4S2. The van der Waals surface area contributed by atoms with Gasteiger partial charge in [0.1, 0.15) is 0 Å². The standard InChI is InChI=1S/C12H18N4S2/c1-9(2)15-7-5-13-11(15)17-18-12-14-6-8-16(12)10(3)4/h5-10H,1-4H3. The molecule has 0 atom stereocenters. The maximum Gasteiger partial charge on any atom is 0.179 e. The highest BCUT2D eigenvalue weighted by Gasteiger charge is 2.11. The maximum atomic E-state index is 4.38. The quantitative estimate of drug-likeness (QED) is 0.775. The highest BCUT2D eigenvalue weighted by molar-refractivity contribution is 8.76. The molecule has 0 aliphatic heterocycles. The molecule has 0 radical (unpaired) electrons. The van der Waals surface area contributed by atoms with Crippen molar-refractivity contribution in [2.75, 3.05) is 0 Å². The van der Waals surface area contributed by atoms with E-state index in [1.165, 1.54) is 0 Å². The lowest BCUT2D eigenvalue weighted by Gasteiger charge is -2.12. The number of hydrogen-bond donors (Lipinski definition) is 0. The molecule has 6 heteroatoms. The normalized spacial score (nSPS) is 11.7. The first-order valence-corrected chi connectivity index (χ1v) is 8.14. The van der Waals surface area contributed by atoms with Gasteiger partial charge in [0.15, 0.2) is 10.3 Å². The molecule has 0 aliphatic carbocycles. The van der Waals surface area contributed by atoms with Gasteiger partial charge < -0.3 is 9.13 Å². The smallest absolute Gasteiger partial charge is 0.179 e. The predicted octanol–water partition coefficient (Wildman–Crippen LogP) is 4.04. The van der Waals surface area contributed by atoms with Crippen molar-refractivity contribution in [3.05, 3.63) is 24.8 Å². The summed E-state index contributed by atoms with van der Waals surface area (Å²) in [5, 5.41) is 2.04. The second kappa shape index (κ2) is 5.84. The number of rotatable bonds is 5. The molecule has 0 aliphatic rings. The Morgan fingerprint density at radius 2 is 1.22 bits per heavy atom. The van der Waals surface area contributed by atoms with Gasteiger partial charge in [0.25, 0.3) is 0 Å². The Morgan fingerprint density at radius 3 is 1.56 bits per heavy atom. The summed E-state index contributed by atoms with van der Waals surface area (Å²) in [6.45, 7) is 8.63. The van der Waals surface area contributed by atoms with Crippen LogP contribution in [0.15, 0.2) is 35.1 Å². The average molecular weight is 282 g/mol. The Morgan fingerprint density at radius 1 is 0.833 bits per heavy atom. The summed E-state index contributed by atoms with van der Waals surface area (Å²) >= 11 is 0. The summed E-state index contributed by atoms with van der Waals surface area (Å²) < 4.78 is 4.33. The van der Waals surface area contributed by atoms with Crippen molar-refractivity contribution in [1.82, 2.24) is 19.1 Å². The summed E-state index contributed by atoms with van der Waals surface area (Å²) in [6.07, 6.45) is 7.72. The second-order valence-electron chi connectivity index (χ2n) is 4.59. The zero-order valence-electron chi connectivity index (χ0n) is 11.1. The van der Waals surface area contributed by atoms with Gasteiger partial charge in [0, 0.05) is 36.9 Å². The van der Waals surface area contributed by atoms with Crippen LogP contribution in [0.25, 0.3) is 0 Å². The van der Waals surface area contributed by atoms with Crippen LogP contribution in [-0.4, -0.2) is 19.1 Å². The second-order valence-corrected chi connectivity index (χ2v) is 6.65. The fourth-order valence-electron chi connectivity index (χ4n) is 1.59. The lowest BCUT2D eigenvalue weighted by atomic mass is 10.4. The number of aromatic nitrogens is 4. The molecule has 0 fully saturated rings. The Hall–Kier alpha value is -0.880. The van der Waals surface area contributed by atoms with Crippen LogP contribution in [-0.2, 0) is 0 Å². The van der Waals surface area contributed by atoms with Crippen LogP contribution in [0.5, 0.6) is 0 Å². The molecule has 0 saturated heterocycles. The predicted molar refractivity (Wildman–Crippen MR) is 76.9 cm³/mol. The molecule has 0 saturated carbocycles. The monoisotopic (exact) mass is 282 g/mol. The molecule has 2 aromatic heterocycles. The number of hydrogen-bond acceptors (Lipinski definition) is 4. The van der Waals surface area contributed by atoms with Gasteiger partial charge in [-0.2, -0.15) is 0 Å². The summed E-state index contributed by atoms with van der Waals surface area (Å²) in [5.74, 6) is 0. The highest BCUT2D eigenvalue weighted by Crippen LogP contribution is 2.37. The van der Waals surface area contributed by atoms with E-state index in [4.69, 9.17) is 0 Å². The minimum atomic E-state index is 0.431. The summed E-state index contributed by atoms with van der Waals surface area (Å²) in [7, 11) is 3.31. The van der Waals surface area contributed by atoms with Crippen LogP contribution in [0, 0.1) is 0 Å². The third-order valence-corrected chi connectivity index (χ3v) is 4.73. The van der Waals surface area contributed by atoms with E-state index in [1.54, 1.807) is 21.6 Å². The van der Waals surface area contributed by atoms with Gasteiger partial charge in [-0.05, 0) is 49.3 Å². The van der Waals surface area contributed by atoms with E-state index in [2.05, 4.69) is 46.8 Å². The summed E-state index contributed by atoms with van der Waals surface area (Å²) in [5.41, 5.74) is 0. The topological polar surface area (TPSA) is 35.6 Å². The van der Waals surface area contributed by atoms with Gasteiger partial charge in [-0.3, -0.25) is 0 Å². The van der Waals surface area contributed by atoms with Crippen molar-refractivity contribution in [3.63, 3.8) is 0 Å². The Bertz CT molecular complexity index is 455. The van der Waals surface area contributed by atoms with Gasteiger partial charge in [0.05, 0.1) is 0 Å². The molecule has 0 amide bonds. The van der Waals surface area contributed by atoms with Crippen molar-refractivity contribution < 1.29 is 0 Å². The van der Waals surface area contributed by atoms with E-state index in [0.29, 0.717) is 12.1 Å². The zero-order chi connectivity index (χ0) is 13.1. The molecule has 98 valence electrons. The van der Waals surface area contributed by atoms with Crippen molar-refractivity contribution in [1.29, 1.82) is 0 Å². The lowest BCUT2D eigenvalue weighted by Crippen LogP contribution is -2.01. The first-order valence-electron chi connectivity index (χ1n) is 5.99. The minimum absolute atomic E-state index is 0.431. The number of imidazole rings is 2. The number of nitrogens with zero attached hydrogens (tertiary/aromatic N) is 4. The summed E-state index contributed by atoms with van der Waals surface area (Å²) in [4.78, 5) is 8.76. The van der Waals surface area contributed by atoms with Crippen LogP contribution >= 0.6 is 21.6 Å². The molecule has 2 rings (SSSR count). The lowest BCUT2D eigenvalue weighted by molar-refractivity contribution is 0.548. The van der Waals surface area contributed by atoms with Gasteiger partial charge in [-0.25, -0.2) is 9.97 Å². The Kier molecular flexibility index (Phi) is 4.40. The van der Waals surface area contributed by atoms with Gasteiger partial charge >= 0.3 is 0 Å². The molecule has 18 heavy (non-hydrogen) atoms. The molecule has 0 N–H and O–H groups in total. The molecule has 4 nitrogen and oxygen atoms in total. The van der Waals surface area contributed by atoms with Crippen LogP contribution in [0.1, 0.15) is 39.8 Å². The van der Waals surface area contributed by atoms with Crippen LogP contribution in [0.4, 0.5) is 0 Å². The first-order chi connectivity index (χ1) is 8.59. The third-order valence-electron chi connectivity index (χ3n) is 2.57. The molecular weight excluding hydrogens is 264 g/mol. The third kappa shape index (κ3) is 2.92.